The van der Waals surface area contributed by atoms with Crippen molar-refractivity contribution in [3.05, 3.63) is 78.4 Å². The maximum absolute atomic E-state index is 11.7. The van der Waals surface area contributed by atoms with Gasteiger partial charge in [0.25, 0.3) is 0 Å². The van der Waals surface area contributed by atoms with E-state index in [2.05, 4.69) is 11.8 Å². The van der Waals surface area contributed by atoms with Crippen LogP contribution in [0.25, 0.3) is 10.8 Å². The highest BCUT2D eigenvalue weighted by Gasteiger charge is 2.01. The summed E-state index contributed by atoms with van der Waals surface area (Å²) in [6, 6.07) is 22.8. The quantitative estimate of drug-likeness (QED) is 0.382. The summed E-state index contributed by atoms with van der Waals surface area (Å²) < 4.78 is 5.23. The van der Waals surface area contributed by atoms with Gasteiger partial charge in [0.05, 0.1) is 0 Å². The van der Waals surface area contributed by atoms with Crippen molar-refractivity contribution >= 4 is 16.7 Å². The first-order valence-electron chi connectivity index (χ1n) is 6.59. The Morgan fingerprint density at radius 2 is 1.52 bits per heavy atom. The molecule has 2 nitrogen and oxygen atoms in total. The summed E-state index contributed by atoms with van der Waals surface area (Å²) in [4.78, 5) is 11.7. The van der Waals surface area contributed by atoms with Crippen LogP contribution in [0.2, 0.25) is 0 Å². The van der Waals surface area contributed by atoms with E-state index in [4.69, 9.17) is 4.74 Å². The number of rotatable bonds is 1. The molecule has 0 atom stereocenters. The van der Waals surface area contributed by atoms with Crippen LogP contribution in [0.15, 0.2) is 72.8 Å². The number of hydrogen-bond donors (Lipinski definition) is 0. The molecule has 3 aromatic rings. The number of fused-ring (bicyclic) bond motifs is 1. The fourth-order valence-corrected chi connectivity index (χ4v) is 2.01. The number of benzene rings is 3. The molecule has 0 spiro atoms. The van der Waals surface area contributed by atoms with Gasteiger partial charge < -0.3 is 4.74 Å². The predicted octanol–water partition coefficient (Wildman–Crippen LogP) is 3.80. The third-order valence-electron chi connectivity index (χ3n) is 3.01. The lowest BCUT2D eigenvalue weighted by Crippen LogP contribution is -2.04. The molecule has 0 heterocycles. The molecule has 0 aliphatic heterocycles. The minimum Gasteiger partial charge on any atom is -0.417 e. The predicted molar refractivity (Wildman–Crippen MR) is 82.9 cm³/mol. The zero-order chi connectivity index (χ0) is 14.5. The minimum atomic E-state index is -0.561. The molecular weight excluding hydrogens is 260 g/mol. The number of esters is 1. The number of carbonyl (C=O) groups excluding carboxylic acids is 1. The van der Waals surface area contributed by atoms with E-state index in [-0.39, 0.29) is 0 Å². The largest absolute Gasteiger partial charge is 0.417 e. The van der Waals surface area contributed by atoms with E-state index in [1.54, 1.807) is 6.07 Å². The first-order chi connectivity index (χ1) is 10.3. The molecule has 0 saturated carbocycles. The van der Waals surface area contributed by atoms with Crippen molar-refractivity contribution in [1.82, 2.24) is 0 Å². The summed E-state index contributed by atoms with van der Waals surface area (Å²) in [7, 11) is 0. The van der Waals surface area contributed by atoms with E-state index >= 15 is 0 Å². The molecule has 0 aromatic heterocycles. The highest BCUT2D eigenvalue weighted by Crippen LogP contribution is 2.20. The van der Waals surface area contributed by atoms with Crippen LogP contribution in [0.4, 0.5) is 0 Å². The van der Waals surface area contributed by atoms with E-state index in [1.165, 1.54) is 0 Å². The van der Waals surface area contributed by atoms with Crippen molar-refractivity contribution in [2.24, 2.45) is 0 Å². The number of carbonyl (C=O) groups is 1. The lowest BCUT2D eigenvalue weighted by Gasteiger charge is -2.02. The zero-order valence-corrected chi connectivity index (χ0v) is 11.2. The lowest BCUT2D eigenvalue weighted by molar-refractivity contribution is -0.128. The highest BCUT2D eigenvalue weighted by atomic mass is 16.5. The Hall–Kier alpha value is -3.05. The molecule has 0 unspecified atom stereocenters. The molecule has 0 aliphatic carbocycles. The molecule has 2 heteroatoms. The topological polar surface area (TPSA) is 26.3 Å². The van der Waals surface area contributed by atoms with Crippen LogP contribution in [0.1, 0.15) is 5.56 Å². The molecule has 3 aromatic carbocycles. The smallest absolute Gasteiger partial charge is 0.390 e. The third kappa shape index (κ3) is 3.29. The Bertz CT molecular complexity index is 839. The first-order valence-corrected chi connectivity index (χ1v) is 6.59. The van der Waals surface area contributed by atoms with E-state index in [0.29, 0.717) is 5.75 Å². The summed E-state index contributed by atoms with van der Waals surface area (Å²) in [6.07, 6.45) is 0. The van der Waals surface area contributed by atoms with E-state index in [9.17, 15) is 4.79 Å². The summed E-state index contributed by atoms with van der Waals surface area (Å²) in [5.41, 5.74) is 0.785. The molecule has 0 fully saturated rings. The maximum Gasteiger partial charge on any atom is 0.390 e. The second-order valence-corrected chi connectivity index (χ2v) is 4.51. The first kappa shape index (κ1) is 13.0. The van der Waals surface area contributed by atoms with E-state index in [0.717, 1.165) is 16.3 Å². The van der Waals surface area contributed by atoms with Gasteiger partial charge in [0.1, 0.15) is 5.75 Å². The van der Waals surface area contributed by atoms with Crippen molar-refractivity contribution in [2.75, 3.05) is 0 Å². The Morgan fingerprint density at radius 3 is 2.33 bits per heavy atom. The molecule has 3 rings (SSSR count). The summed E-state index contributed by atoms with van der Waals surface area (Å²) in [5.74, 6) is 5.20. The molecular formula is C19H12O2. The Labute approximate surface area is 123 Å². The van der Waals surface area contributed by atoms with Crippen molar-refractivity contribution < 1.29 is 9.53 Å². The van der Waals surface area contributed by atoms with Crippen LogP contribution in [-0.4, -0.2) is 5.97 Å². The Morgan fingerprint density at radius 1 is 0.810 bits per heavy atom. The second kappa shape index (κ2) is 5.94. The van der Waals surface area contributed by atoms with Gasteiger partial charge in [-0.1, -0.05) is 54.5 Å². The molecule has 0 bridgehead atoms. The fraction of sp³-hybridized carbons (Fsp3) is 0. The summed E-state index contributed by atoms with van der Waals surface area (Å²) >= 11 is 0. The maximum atomic E-state index is 11.7. The normalized spacial score (nSPS) is 9.71. The third-order valence-corrected chi connectivity index (χ3v) is 3.01. The average Bonchev–Trinajstić information content (AvgIpc) is 2.54. The van der Waals surface area contributed by atoms with Crippen LogP contribution in [0.5, 0.6) is 5.75 Å². The van der Waals surface area contributed by atoms with Crippen molar-refractivity contribution in [3.63, 3.8) is 0 Å². The fourth-order valence-electron chi connectivity index (χ4n) is 2.01. The molecule has 0 N–H and O–H groups in total. The van der Waals surface area contributed by atoms with E-state index < -0.39 is 5.97 Å². The number of ether oxygens (including phenoxy) is 1. The Kier molecular flexibility index (Phi) is 3.66. The van der Waals surface area contributed by atoms with Gasteiger partial charge in [-0.2, -0.15) is 0 Å². The molecule has 0 aliphatic rings. The van der Waals surface area contributed by atoms with Crippen molar-refractivity contribution in [1.29, 1.82) is 0 Å². The van der Waals surface area contributed by atoms with Gasteiger partial charge in [0.2, 0.25) is 0 Å². The SMILES string of the molecule is O=C(C#Cc1ccccc1)Oc1ccc2ccccc2c1. The summed E-state index contributed by atoms with van der Waals surface area (Å²) in [5, 5.41) is 2.13. The van der Waals surface area contributed by atoms with E-state index in [1.807, 2.05) is 66.7 Å². The Balaban J connectivity index is 1.76. The standard InChI is InChI=1S/C19H12O2/c20-19(13-10-15-6-2-1-3-7-15)21-18-12-11-16-8-4-5-9-17(16)14-18/h1-9,11-12,14H. The van der Waals surface area contributed by atoms with Gasteiger partial charge in [-0.05, 0) is 35.0 Å². The highest BCUT2D eigenvalue weighted by molar-refractivity contribution is 5.92. The van der Waals surface area contributed by atoms with Crippen molar-refractivity contribution in [3.8, 4) is 17.6 Å². The average molecular weight is 272 g/mol. The van der Waals surface area contributed by atoms with Crippen LogP contribution in [0, 0.1) is 11.8 Å². The lowest BCUT2D eigenvalue weighted by atomic mass is 10.1. The van der Waals surface area contributed by atoms with Gasteiger partial charge in [0.15, 0.2) is 0 Å². The molecule has 0 radical (unpaired) electrons. The summed E-state index contributed by atoms with van der Waals surface area (Å²) in [6.45, 7) is 0. The van der Waals surface area contributed by atoms with Crippen LogP contribution in [-0.2, 0) is 4.79 Å². The van der Waals surface area contributed by atoms with Crippen molar-refractivity contribution in [2.45, 2.75) is 0 Å². The zero-order valence-electron chi connectivity index (χ0n) is 11.2. The molecule has 21 heavy (non-hydrogen) atoms. The molecule has 0 amide bonds. The van der Waals surface area contributed by atoms with Crippen LogP contribution < -0.4 is 4.74 Å². The molecule has 100 valence electrons. The monoisotopic (exact) mass is 272 g/mol. The van der Waals surface area contributed by atoms with Gasteiger partial charge >= 0.3 is 5.97 Å². The second-order valence-electron chi connectivity index (χ2n) is 4.51. The van der Waals surface area contributed by atoms with Crippen LogP contribution >= 0.6 is 0 Å². The van der Waals surface area contributed by atoms with Crippen LogP contribution in [0.3, 0.4) is 0 Å². The number of hydrogen-bond acceptors (Lipinski definition) is 2. The van der Waals surface area contributed by atoms with Gasteiger partial charge in [-0.15, -0.1) is 0 Å². The van der Waals surface area contributed by atoms with Gasteiger partial charge in [0, 0.05) is 11.5 Å². The van der Waals surface area contributed by atoms with Gasteiger partial charge in [-0.3, -0.25) is 0 Å². The molecule has 0 saturated heterocycles. The van der Waals surface area contributed by atoms with Gasteiger partial charge in [-0.25, -0.2) is 4.79 Å². The minimum absolute atomic E-state index is 0.501.